The van der Waals surface area contributed by atoms with E-state index in [2.05, 4.69) is 6.92 Å². The summed E-state index contributed by atoms with van der Waals surface area (Å²) in [6.45, 7) is 3.97. The van der Waals surface area contributed by atoms with Gasteiger partial charge < -0.3 is 4.74 Å². The van der Waals surface area contributed by atoms with E-state index in [-0.39, 0.29) is 11.9 Å². The number of benzene rings is 1. The molecular formula is C15H21FO. The summed E-state index contributed by atoms with van der Waals surface area (Å²) in [5, 5.41) is 0. The molecule has 17 heavy (non-hydrogen) atoms. The van der Waals surface area contributed by atoms with Crippen LogP contribution < -0.4 is 0 Å². The fourth-order valence-electron chi connectivity index (χ4n) is 2.49. The largest absolute Gasteiger partial charge is 0.370 e. The Morgan fingerprint density at radius 2 is 2.18 bits per heavy atom. The van der Waals surface area contributed by atoms with Crippen molar-refractivity contribution in [2.75, 3.05) is 0 Å². The first-order valence-electron chi connectivity index (χ1n) is 6.62. The second kappa shape index (κ2) is 5.63. The molecule has 0 aromatic heterocycles. The van der Waals surface area contributed by atoms with Crippen LogP contribution in [0.2, 0.25) is 0 Å². The third-order valence-corrected chi connectivity index (χ3v) is 3.53. The highest BCUT2D eigenvalue weighted by Crippen LogP contribution is 2.33. The van der Waals surface area contributed by atoms with Crippen molar-refractivity contribution in [3.8, 4) is 0 Å². The zero-order valence-corrected chi connectivity index (χ0v) is 10.7. The summed E-state index contributed by atoms with van der Waals surface area (Å²) in [7, 11) is 0. The SMILES string of the molecule is CCCC1CCCC(c2ccc(C)c(F)c2)O1. The summed E-state index contributed by atoms with van der Waals surface area (Å²) in [5.41, 5.74) is 1.70. The quantitative estimate of drug-likeness (QED) is 0.748. The standard InChI is InChI=1S/C15H21FO/c1-3-5-13-6-4-7-15(17-13)12-9-8-11(2)14(16)10-12/h8-10,13,15H,3-7H2,1-2H3. The van der Waals surface area contributed by atoms with Gasteiger partial charge in [0.2, 0.25) is 0 Å². The van der Waals surface area contributed by atoms with Crippen LogP contribution in [0.1, 0.15) is 56.3 Å². The van der Waals surface area contributed by atoms with Gasteiger partial charge >= 0.3 is 0 Å². The van der Waals surface area contributed by atoms with Crippen LogP contribution in [-0.2, 0) is 4.74 Å². The number of ether oxygens (including phenoxy) is 1. The molecule has 2 unspecified atom stereocenters. The van der Waals surface area contributed by atoms with E-state index in [0.29, 0.717) is 11.7 Å². The zero-order chi connectivity index (χ0) is 12.3. The molecule has 0 bridgehead atoms. The van der Waals surface area contributed by atoms with E-state index in [4.69, 9.17) is 4.74 Å². The molecule has 1 aromatic carbocycles. The topological polar surface area (TPSA) is 9.23 Å². The van der Waals surface area contributed by atoms with Gasteiger partial charge in [-0.1, -0.05) is 25.5 Å². The highest BCUT2D eigenvalue weighted by Gasteiger charge is 2.23. The normalized spacial score (nSPS) is 24.9. The van der Waals surface area contributed by atoms with Crippen molar-refractivity contribution in [1.82, 2.24) is 0 Å². The lowest BCUT2D eigenvalue weighted by atomic mass is 9.96. The lowest BCUT2D eigenvalue weighted by molar-refractivity contribution is -0.0551. The Labute approximate surface area is 103 Å². The van der Waals surface area contributed by atoms with Gasteiger partial charge in [-0.2, -0.15) is 0 Å². The summed E-state index contributed by atoms with van der Waals surface area (Å²) in [4.78, 5) is 0. The monoisotopic (exact) mass is 236 g/mol. The van der Waals surface area contributed by atoms with Crippen LogP contribution in [0.5, 0.6) is 0 Å². The van der Waals surface area contributed by atoms with Gasteiger partial charge in [-0.15, -0.1) is 0 Å². The molecule has 1 fully saturated rings. The van der Waals surface area contributed by atoms with Crippen molar-refractivity contribution >= 4 is 0 Å². The maximum absolute atomic E-state index is 13.5. The van der Waals surface area contributed by atoms with Crippen molar-refractivity contribution in [2.24, 2.45) is 0 Å². The summed E-state index contributed by atoms with van der Waals surface area (Å²) in [6.07, 6.45) is 6.08. The Morgan fingerprint density at radius 1 is 1.35 bits per heavy atom. The molecular weight excluding hydrogens is 215 g/mol. The number of hydrogen-bond acceptors (Lipinski definition) is 1. The smallest absolute Gasteiger partial charge is 0.126 e. The number of hydrogen-bond donors (Lipinski definition) is 0. The molecule has 1 heterocycles. The van der Waals surface area contributed by atoms with Crippen LogP contribution in [-0.4, -0.2) is 6.10 Å². The molecule has 0 saturated carbocycles. The molecule has 0 amide bonds. The third kappa shape index (κ3) is 3.06. The van der Waals surface area contributed by atoms with Crippen molar-refractivity contribution in [3.63, 3.8) is 0 Å². The molecule has 1 aliphatic heterocycles. The van der Waals surface area contributed by atoms with Crippen LogP contribution >= 0.6 is 0 Å². The molecule has 0 spiro atoms. The zero-order valence-electron chi connectivity index (χ0n) is 10.7. The average molecular weight is 236 g/mol. The first-order valence-corrected chi connectivity index (χ1v) is 6.62. The molecule has 0 aliphatic carbocycles. The van der Waals surface area contributed by atoms with Gasteiger partial charge in [0, 0.05) is 0 Å². The summed E-state index contributed by atoms with van der Waals surface area (Å²) in [6, 6.07) is 5.48. The van der Waals surface area contributed by atoms with Crippen molar-refractivity contribution in [1.29, 1.82) is 0 Å². The molecule has 1 aliphatic rings. The van der Waals surface area contributed by atoms with Gasteiger partial charge in [-0.3, -0.25) is 0 Å². The second-order valence-electron chi connectivity index (χ2n) is 4.97. The third-order valence-electron chi connectivity index (χ3n) is 3.53. The minimum absolute atomic E-state index is 0.0930. The molecule has 0 radical (unpaired) electrons. The molecule has 1 saturated heterocycles. The fraction of sp³-hybridized carbons (Fsp3) is 0.600. The van der Waals surface area contributed by atoms with Crippen LogP contribution in [0, 0.1) is 12.7 Å². The number of rotatable bonds is 3. The predicted octanol–water partition coefficient (Wildman–Crippen LogP) is 4.54. The molecule has 2 atom stereocenters. The minimum atomic E-state index is -0.122. The van der Waals surface area contributed by atoms with Gasteiger partial charge in [0.1, 0.15) is 5.82 Å². The molecule has 2 heteroatoms. The van der Waals surface area contributed by atoms with E-state index in [1.165, 1.54) is 6.42 Å². The lowest BCUT2D eigenvalue weighted by Crippen LogP contribution is -2.22. The van der Waals surface area contributed by atoms with Gasteiger partial charge in [0.15, 0.2) is 0 Å². The van der Waals surface area contributed by atoms with E-state index in [9.17, 15) is 4.39 Å². The molecule has 2 rings (SSSR count). The molecule has 94 valence electrons. The van der Waals surface area contributed by atoms with E-state index in [0.717, 1.165) is 31.2 Å². The van der Waals surface area contributed by atoms with E-state index >= 15 is 0 Å². The van der Waals surface area contributed by atoms with Crippen molar-refractivity contribution in [2.45, 2.75) is 58.2 Å². The Balaban J connectivity index is 2.08. The highest BCUT2D eigenvalue weighted by atomic mass is 19.1. The van der Waals surface area contributed by atoms with Crippen molar-refractivity contribution < 1.29 is 9.13 Å². The highest BCUT2D eigenvalue weighted by molar-refractivity contribution is 5.25. The fourth-order valence-corrected chi connectivity index (χ4v) is 2.49. The Morgan fingerprint density at radius 3 is 2.88 bits per heavy atom. The Kier molecular flexibility index (Phi) is 4.16. The summed E-state index contributed by atoms with van der Waals surface area (Å²) < 4.78 is 19.6. The van der Waals surface area contributed by atoms with Gasteiger partial charge in [-0.25, -0.2) is 4.39 Å². The van der Waals surface area contributed by atoms with Gasteiger partial charge in [0.05, 0.1) is 12.2 Å². The first-order chi connectivity index (χ1) is 8.20. The average Bonchev–Trinajstić information content (AvgIpc) is 2.33. The molecule has 0 N–H and O–H groups in total. The van der Waals surface area contributed by atoms with Crippen LogP contribution in [0.4, 0.5) is 4.39 Å². The Bertz CT molecular complexity index is 373. The van der Waals surface area contributed by atoms with Crippen LogP contribution in [0.25, 0.3) is 0 Å². The van der Waals surface area contributed by atoms with Crippen molar-refractivity contribution in [3.05, 3.63) is 35.1 Å². The second-order valence-corrected chi connectivity index (χ2v) is 4.97. The molecule has 1 nitrogen and oxygen atoms in total. The lowest BCUT2D eigenvalue weighted by Gasteiger charge is -2.30. The minimum Gasteiger partial charge on any atom is -0.370 e. The Hall–Kier alpha value is -0.890. The van der Waals surface area contributed by atoms with E-state index in [1.54, 1.807) is 13.0 Å². The van der Waals surface area contributed by atoms with Crippen LogP contribution in [0.3, 0.4) is 0 Å². The first kappa shape index (κ1) is 12.6. The number of halogens is 1. The maximum Gasteiger partial charge on any atom is 0.126 e. The maximum atomic E-state index is 13.5. The van der Waals surface area contributed by atoms with Crippen LogP contribution in [0.15, 0.2) is 18.2 Å². The predicted molar refractivity (Wildman–Crippen MR) is 67.5 cm³/mol. The molecule has 1 aromatic rings. The summed E-state index contributed by atoms with van der Waals surface area (Å²) >= 11 is 0. The van der Waals surface area contributed by atoms with Gasteiger partial charge in [0.25, 0.3) is 0 Å². The van der Waals surface area contributed by atoms with E-state index < -0.39 is 0 Å². The van der Waals surface area contributed by atoms with E-state index in [1.807, 2.05) is 12.1 Å². The van der Waals surface area contributed by atoms with Gasteiger partial charge in [-0.05, 0) is 49.8 Å². The summed E-state index contributed by atoms with van der Waals surface area (Å²) in [5.74, 6) is -0.122. The number of aryl methyl sites for hydroxylation is 1.